The summed E-state index contributed by atoms with van der Waals surface area (Å²) in [5, 5.41) is 11.8. The van der Waals surface area contributed by atoms with Crippen LogP contribution in [0.5, 0.6) is 0 Å². The van der Waals surface area contributed by atoms with Gasteiger partial charge in [-0.15, -0.1) is 0 Å². The molecular weight excluding hydrogens is 242 g/mol. The molecule has 0 spiro atoms. The molecule has 0 radical (unpaired) electrons. The number of nitrogens with two attached hydrogens (primary N) is 1. The minimum atomic E-state index is 0.106. The SMILES string of the molecule is COCCCN(C)C(CC(N)=NO)c1ccccc1. The van der Waals surface area contributed by atoms with Gasteiger partial charge in [0.25, 0.3) is 0 Å². The Morgan fingerprint density at radius 1 is 1.42 bits per heavy atom. The lowest BCUT2D eigenvalue weighted by atomic mass is 10.0. The number of methoxy groups -OCH3 is 1. The number of amidine groups is 1. The van der Waals surface area contributed by atoms with Crippen LogP contribution < -0.4 is 5.73 Å². The molecule has 106 valence electrons. The summed E-state index contributed by atoms with van der Waals surface area (Å²) in [4.78, 5) is 2.20. The summed E-state index contributed by atoms with van der Waals surface area (Å²) < 4.78 is 5.06. The summed E-state index contributed by atoms with van der Waals surface area (Å²) in [5.74, 6) is 0.243. The van der Waals surface area contributed by atoms with E-state index in [0.717, 1.165) is 25.1 Å². The predicted molar refractivity (Wildman–Crippen MR) is 76.3 cm³/mol. The average Bonchev–Trinajstić information content (AvgIpc) is 2.45. The molecule has 1 unspecified atom stereocenters. The maximum Gasteiger partial charge on any atom is 0.141 e. The zero-order valence-electron chi connectivity index (χ0n) is 11.6. The largest absolute Gasteiger partial charge is 0.409 e. The van der Waals surface area contributed by atoms with Gasteiger partial charge in [-0.1, -0.05) is 35.5 Å². The number of oxime groups is 1. The topological polar surface area (TPSA) is 71.1 Å². The molecule has 5 heteroatoms. The minimum Gasteiger partial charge on any atom is -0.409 e. The standard InChI is InChI=1S/C14H23N3O2/c1-17(9-6-10-19-2)13(11-14(15)16-18)12-7-4-3-5-8-12/h3-5,7-8,13,18H,6,9-11H2,1-2H3,(H2,15,16). The molecule has 0 heterocycles. The highest BCUT2D eigenvalue weighted by Gasteiger charge is 2.18. The van der Waals surface area contributed by atoms with Crippen molar-refractivity contribution in [3.8, 4) is 0 Å². The maximum absolute atomic E-state index is 8.75. The maximum atomic E-state index is 8.75. The lowest BCUT2D eigenvalue weighted by Crippen LogP contribution is -2.30. The van der Waals surface area contributed by atoms with E-state index in [1.54, 1.807) is 7.11 Å². The Labute approximate surface area is 114 Å². The molecule has 0 saturated carbocycles. The van der Waals surface area contributed by atoms with Crippen molar-refractivity contribution in [3.05, 3.63) is 35.9 Å². The molecule has 0 aliphatic carbocycles. The van der Waals surface area contributed by atoms with Crippen LogP contribution in [0.3, 0.4) is 0 Å². The van der Waals surface area contributed by atoms with Gasteiger partial charge in [0.1, 0.15) is 5.84 Å². The Hall–Kier alpha value is -1.59. The first kappa shape index (κ1) is 15.5. The van der Waals surface area contributed by atoms with Gasteiger partial charge in [-0.3, -0.25) is 4.90 Å². The number of benzene rings is 1. The first-order chi connectivity index (χ1) is 9.19. The molecule has 1 aromatic rings. The number of hydrogen-bond acceptors (Lipinski definition) is 4. The van der Waals surface area contributed by atoms with Crippen LogP contribution >= 0.6 is 0 Å². The molecule has 1 aromatic carbocycles. The molecule has 19 heavy (non-hydrogen) atoms. The molecule has 0 aliphatic heterocycles. The molecule has 3 N–H and O–H groups in total. The Kier molecular flexibility index (Phi) is 6.92. The van der Waals surface area contributed by atoms with Crippen LogP contribution in [-0.4, -0.2) is 43.3 Å². The molecule has 0 amide bonds. The highest BCUT2D eigenvalue weighted by atomic mass is 16.5. The van der Waals surface area contributed by atoms with Crippen molar-refractivity contribution < 1.29 is 9.94 Å². The van der Waals surface area contributed by atoms with Crippen LogP contribution in [0, 0.1) is 0 Å². The number of nitrogens with zero attached hydrogens (tertiary/aromatic N) is 2. The third-order valence-electron chi connectivity index (χ3n) is 3.11. The van der Waals surface area contributed by atoms with E-state index in [0.29, 0.717) is 6.42 Å². The van der Waals surface area contributed by atoms with Gasteiger partial charge in [0.15, 0.2) is 0 Å². The molecule has 1 rings (SSSR count). The number of hydrogen-bond donors (Lipinski definition) is 2. The molecular formula is C14H23N3O2. The van der Waals surface area contributed by atoms with Gasteiger partial charge in [0, 0.05) is 32.7 Å². The summed E-state index contributed by atoms with van der Waals surface area (Å²) in [6.07, 6.45) is 1.45. The van der Waals surface area contributed by atoms with E-state index in [9.17, 15) is 0 Å². The molecule has 0 saturated heterocycles. The molecule has 1 atom stereocenters. The normalized spacial score (nSPS) is 13.7. The van der Waals surface area contributed by atoms with Gasteiger partial charge in [0.2, 0.25) is 0 Å². The van der Waals surface area contributed by atoms with E-state index in [1.807, 2.05) is 25.2 Å². The van der Waals surface area contributed by atoms with Gasteiger partial charge < -0.3 is 15.7 Å². The second-order valence-corrected chi connectivity index (χ2v) is 4.55. The van der Waals surface area contributed by atoms with Crippen molar-refractivity contribution in [2.75, 3.05) is 27.3 Å². The van der Waals surface area contributed by atoms with E-state index < -0.39 is 0 Å². The van der Waals surface area contributed by atoms with E-state index in [4.69, 9.17) is 15.7 Å². The fourth-order valence-corrected chi connectivity index (χ4v) is 2.06. The van der Waals surface area contributed by atoms with Crippen molar-refractivity contribution in [1.82, 2.24) is 4.90 Å². The zero-order valence-corrected chi connectivity index (χ0v) is 11.6. The van der Waals surface area contributed by atoms with Crippen LogP contribution in [0.4, 0.5) is 0 Å². The first-order valence-corrected chi connectivity index (χ1v) is 6.39. The van der Waals surface area contributed by atoms with Gasteiger partial charge in [-0.05, 0) is 19.0 Å². The highest BCUT2D eigenvalue weighted by molar-refractivity contribution is 5.80. The van der Waals surface area contributed by atoms with E-state index >= 15 is 0 Å². The first-order valence-electron chi connectivity index (χ1n) is 6.39. The summed E-state index contributed by atoms with van der Waals surface area (Å²) >= 11 is 0. The van der Waals surface area contributed by atoms with Crippen LogP contribution in [0.15, 0.2) is 35.5 Å². The molecule has 0 fully saturated rings. The van der Waals surface area contributed by atoms with Gasteiger partial charge in [0.05, 0.1) is 0 Å². The molecule has 0 aromatic heterocycles. The summed E-state index contributed by atoms with van der Waals surface area (Å²) in [6, 6.07) is 10.2. The van der Waals surface area contributed by atoms with Crippen molar-refractivity contribution in [2.45, 2.75) is 18.9 Å². The van der Waals surface area contributed by atoms with Crippen LogP contribution in [0.25, 0.3) is 0 Å². The van der Waals surface area contributed by atoms with Gasteiger partial charge in [-0.2, -0.15) is 0 Å². The lowest BCUT2D eigenvalue weighted by molar-refractivity contribution is 0.166. The monoisotopic (exact) mass is 265 g/mol. The zero-order chi connectivity index (χ0) is 14.1. The second-order valence-electron chi connectivity index (χ2n) is 4.55. The molecule has 0 bridgehead atoms. The van der Waals surface area contributed by atoms with Crippen LogP contribution in [0.1, 0.15) is 24.4 Å². The highest BCUT2D eigenvalue weighted by Crippen LogP contribution is 2.23. The molecule has 5 nitrogen and oxygen atoms in total. The third kappa shape index (κ3) is 5.28. The predicted octanol–water partition coefficient (Wildman–Crippen LogP) is 1.83. The van der Waals surface area contributed by atoms with Gasteiger partial charge in [-0.25, -0.2) is 0 Å². The summed E-state index contributed by atoms with van der Waals surface area (Å²) in [5.41, 5.74) is 6.81. The molecule has 0 aliphatic rings. The van der Waals surface area contributed by atoms with Crippen molar-refractivity contribution in [2.24, 2.45) is 10.9 Å². The number of ether oxygens (including phenoxy) is 1. The van der Waals surface area contributed by atoms with Crippen LogP contribution in [-0.2, 0) is 4.74 Å². The Morgan fingerprint density at radius 2 is 2.11 bits per heavy atom. The third-order valence-corrected chi connectivity index (χ3v) is 3.11. The Balaban J connectivity index is 2.74. The number of rotatable bonds is 8. The Bertz CT molecular complexity index is 382. The van der Waals surface area contributed by atoms with Crippen molar-refractivity contribution in [1.29, 1.82) is 0 Å². The van der Waals surface area contributed by atoms with Crippen molar-refractivity contribution >= 4 is 5.84 Å². The van der Waals surface area contributed by atoms with E-state index in [1.165, 1.54) is 0 Å². The van der Waals surface area contributed by atoms with Gasteiger partial charge >= 0.3 is 0 Å². The fraction of sp³-hybridized carbons (Fsp3) is 0.500. The fourth-order valence-electron chi connectivity index (χ4n) is 2.06. The minimum absolute atomic E-state index is 0.106. The smallest absolute Gasteiger partial charge is 0.141 e. The quantitative estimate of drug-likeness (QED) is 0.247. The van der Waals surface area contributed by atoms with Crippen molar-refractivity contribution in [3.63, 3.8) is 0 Å². The van der Waals surface area contributed by atoms with E-state index in [-0.39, 0.29) is 11.9 Å². The second kappa shape index (κ2) is 8.50. The van der Waals surface area contributed by atoms with E-state index in [2.05, 4.69) is 22.2 Å². The summed E-state index contributed by atoms with van der Waals surface area (Å²) in [6.45, 7) is 1.63. The average molecular weight is 265 g/mol. The lowest BCUT2D eigenvalue weighted by Gasteiger charge is -2.28. The summed E-state index contributed by atoms with van der Waals surface area (Å²) in [7, 11) is 3.74. The Morgan fingerprint density at radius 3 is 2.68 bits per heavy atom. The van der Waals surface area contributed by atoms with Crippen LogP contribution in [0.2, 0.25) is 0 Å².